The molecule has 0 saturated heterocycles. The fourth-order valence-electron chi connectivity index (χ4n) is 3.05. The number of sulfonamides is 2. The summed E-state index contributed by atoms with van der Waals surface area (Å²) in [4.78, 5) is 21.8. The van der Waals surface area contributed by atoms with E-state index >= 15 is 0 Å². The Hall–Kier alpha value is -2.96. The fourth-order valence-corrected chi connectivity index (χ4v) is 5.74. The van der Waals surface area contributed by atoms with E-state index in [-0.39, 0.29) is 21.0 Å². The summed E-state index contributed by atoms with van der Waals surface area (Å²) in [6.45, 7) is 4.88. The number of carboxylic acids is 2. The number of benzene rings is 2. The summed E-state index contributed by atoms with van der Waals surface area (Å²) in [7, 11) is -7.22. The van der Waals surface area contributed by atoms with Crippen LogP contribution in [0, 0.1) is 20.8 Å². The predicted octanol–water partition coefficient (Wildman–Crippen LogP) is 1.64. The quantitative estimate of drug-likeness (QED) is 0.484. The highest BCUT2D eigenvalue weighted by atomic mass is 32.2. The van der Waals surface area contributed by atoms with Gasteiger partial charge in [0.15, 0.2) is 0 Å². The molecule has 10 nitrogen and oxygen atoms in total. The first-order valence-electron chi connectivity index (χ1n) is 9.30. The van der Waals surface area contributed by atoms with Gasteiger partial charge in [-0.05, 0) is 50.1 Å². The van der Waals surface area contributed by atoms with Crippen LogP contribution >= 0.6 is 0 Å². The van der Waals surface area contributed by atoms with Crippen LogP contribution in [0.15, 0.2) is 46.2 Å². The summed E-state index contributed by atoms with van der Waals surface area (Å²) >= 11 is 0. The number of nitrogens with zero attached hydrogens (tertiary/aromatic N) is 1. The molecule has 0 spiro atoms. The van der Waals surface area contributed by atoms with Crippen molar-refractivity contribution >= 4 is 37.7 Å². The van der Waals surface area contributed by atoms with Gasteiger partial charge in [-0.2, -0.15) is 4.72 Å². The lowest BCUT2D eigenvalue weighted by molar-refractivity contribution is -0.145. The number of aryl methyl sites for hydroxylation is 3. The fraction of sp³-hybridized carbons (Fsp3) is 0.300. The monoisotopic (exact) mass is 484 g/mol. The van der Waals surface area contributed by atoms with E-state index in [4.69, 9.17) is 10.2 Å². The molecule has 2 rings (SSSR count). The van der Waals surface area contributed by atoms with Crippen molar-refractivity contribution in [2.24, 2.45) is 0 Å². The van der Waals surface area contributed by atoms with Crippen molar-refractivity contribution in [2.75, 3.05) is 11.4 Å². The maximum absolute atomic E-state index is 13.0. The zero-order valence-corrected chi connectivity index (χ0v) is 19.5. The van der Waals surface area contributed by atoms with Crippen LogP contribution in [0.2, 0.25) is 0 Å². The number of carboxylic acid groups (broad SMARTS) is 2. The van der Waals surface area contributed by atoms with Gasteiger partial charge in [0.1, 0.15) is 6.04 Å². The van der Waals surface area contributed by atoms with E-state index in [1.54, 1.807) is 19.1 Å². The summed E-state index contributed by atoms with van der Waals surface area (Å²) in [6.07, 6.45) is -0.964. The minimum Gasteiger partial charge on any atom is -0.481 e. The molecule has 0 fully saturated rings. The summed E-state index contributed by atoms with van der Waals surface area (Å²) in [6, 6.07) is 6.83. The van der Waals surface area contributed by atoms with Crippen molar-refractivity contribution < 1.29 is 36.6 Å². The predicted molar refractivity (Wildman–Crippen MR) is 117 cm³/mol. The zero-order valence-electron chi connectivity index (χ0n) is 17.9. The maximum Gasteiger partial charge on any atom is 0.322 e. The van der Waals surface area contributed by atoms with Gasteiger partial charge in [0.05, 0.1) is 21.9 Å². The molecule has 0 heterocycles. The second kappa shape index (κ2) is 9.27. The topological polar surface area (TPSA) is 158 Å². The van der Waals surface area contributed by atoms with Crippen molar-refractivity contribution in [3.05, 3.63) is 53.1 Å². The Morgan fingerprint density at radius 3 is 2.03 bits per heavy atom. The number of rotatable bonds is 9. The largest absolute Gasteiger partial charge is 0.481 e. The molecule has 0 radical (unpaired) electrons. The second-order valence-electron chi connectivity index (χ2n) is 7.30. The molecule has 0 aromatic heterocycles. The van der Waals surface area contributed by atoms with Gasteiger partial charge in [-0.25, -0.2) is 16.8 Å². The van der Waals surface area contributed by atoms with Crippen LogP contribution < -0.4 is 9.03 Å². The lowest BCUT2D eigenvalue weighted by Gasteiger charge is -2.23. The molecule has 0 aliphatic rings. The highest BCUT2D eigenvalue weighted by Gasteiger charge is 2.30. The van der Waals surface area contributed by atoms with Gasteiger partial charge >= 0.3 is 11.9 Å². The van der Waals surface area contributed by atoms with Gasteiger partial charge in [0.25, 0.3) is 10.0 Å². The van der Waals surface area contributed by atoms with Gasteiger partial charge in [-0.15, -0.1) is 0 Å². The Kier molecular flexibility index (Phi) is 7.33. The minimum absolute atomic E-state index is 0.0144. The molecule has 0 saturated carbocycles. The SMILES string of the molecule is Cc1ccc(S(=O)(=O)N(C)c2cc(S(=O)(=O)NC(CC(=O)O)C(=O)O)c(C)cc2C)cc1. The second-order valence-corrected chi connectivity index (χ2v) is 11.0. The van der Waals surface area contributed by atoms with Crippen LogP contribution in [0.25, 0.3) is 0 Å². The highest BCUT2D eigenvalue weighted by Crippen LogP contribution is 2.30. The summed E-state index contributed by atoms with van der Waals surface area (Å²) in [5.74, 6) is -3.15. The number of aliphatic carboxylic acids is 2. The molecule has 2 aromatic rings. The van der Waals surface area contributed by atoms with Crippen molar-refractivity contribution in [2.45, 2.75) is 43.0 Å². The van der Waals surface area contributed by atoms with Crippen molar-refractivity contribution in [3.8, 4) is 0 Å². The van der Waals surface area contributed by atoms with Crippen molar-refractivity contribution in [1.82, 2.24) is 4.72 Å². The minimum atomic E-state index is -4.48. The van der Waals surface area contributed by atoms with E-state index in [1.807, 2.05) is 11.6 Å². The molecule has 12 heteroatoms. The molecule has 1 atom stereocenters. The summed E-state index contributed by atoms with van der Waals surface area (Å²) in [5.41, 5.74) is 1.65. The smallest absolute Gasteiger partial charge is 0.322 e. The molecule has 3 N–H and O–H groups in total. The van der Waals surface area contributed by atoms with Gasteiger partial charge in [0, 0.05) is 7.05 Å². The molecule has 0 aliphatic heterocycles. The number of hydrogen-bond acceptors (Lipinski definition) is 6. The van der Waals surface area contributed by atoms with E-state index in [1.165, 1.54) is 32.2 Å². The van der Waals surface area contributed by atoms with E-state index in [9.17, 15) is 26.4 Å². The van der Waals surface area contributed by atoms with Crippen LogP contribution in [0.5, 0.6) is 0 Å². The molecular formula is C20H24N2O8S2. The van der Waals surface area contributed by atoms with Crippen LogP contribution in [0.3, 0.4) is 0 Å². The average Bonchev–Trinajstić information content (AvgIpc) is 2.66. The lowest BCUT2D eigenvalue weighted by Crippen LogP contribution is -2.42. The zero-order chi connectivity index (χ0) is 24.4. The number of hydrogen-bond donors (Lipinski definition) is 3. The molecule has 0 aliphatic carbocycles. The third kappa shape index (κ3) is 5.44. The normalized spacial score (nSPS) is 12.9. The number of carbonyl (C=O) groups is 2. The Labute approximate surface area is 186 Å². The lowest BCUT2D eigenvalue weighted by atomic mass is 10.1. The standard InChI is InChI=1S/C20H24N2O8S2/c1-12-5-7-15(8-6-12)32(29,30)22(4)17-11-18(14(3)9-13(17)2)31(27,28)21-16(20(25)26)10-19(23)24/h5-9,11,16,21H,10H2,1-4H3,(H,23,24)(H,25,26). The number of nitrogens with one attached hydrogen (secondary N) is 1. The average molecular weight is 485 g/mol. The third-order valence-corrected chi connectivity index (χ3v) is 8.18. The number of anilines is 1. The van der Waals surface area contributed by atoms with Gasteiger partial charge in [0.2, 0.25) is 10.0 Å². The van der Waals surface area contributed by atoms with Crippen LogP contribution in [-0.4, -0.2) is 52.1 Å². The molecule has 2 aromatic carbocycles. The van der Waals surface area contributed by atoms with E-state index in [0.29, 0.717) is 5.56 Å². The molecule has 174 valence electrons. The summed E-state index contributed by atoms with van der Waals surface area (Å²) < 4.78 is 54.6. The van der Waals surface area contributed by atoms with Crippen molar-refractivity contribution in [3.63, 3.8) is 0 Å². The molecular weight excluding hydrogens is 460 g/mol. The van der Waals surface area contributed by atoms with Crippen LogP contribution in [-0.2, 0) is 29.6 Å². The van der Waals surface area contributed by atoms with Crippen LogP contribution in [0.1, 0.15) is 23.1 Å². The Morgan fingerprint density at radius 1 is 0.969 bits per heavy atom. The molecule has 0 amide bonds. The Morgan fingerprint density at radius 2 is 1.53 bits per heavy atom. The Bertz CT molecular complexity index is 1250. The highest BCUT2D eigenvalue weighted by molar-refractivity contribution is 7.92. The van der Waals surface area contributed by atoms with Gasteiger partial charge < -0.3 is 10.2 Å². The molecule has 32 heavy (non-hydrogen) atoms. The Balaban J connectivity index is 2.54. The van der Waals surface area contributed by atoms with E-state index in [2.05, 4.69) is 0 Å². The first-order valence-corrected chi connectivity index (χ1v) is 12.2. The maximum atomic E-state index is 13.0. The first kappa shape index (κ1) is 25.3. The summed E-state index contributed by atoms with van der Waals surface area (Å²) in [5, 5.41) is 18.0. The third-order valence-electron chi connectivity index (χ3n) is 4.78. The molecule has 0 bridgehead atoms. The molecule has 1 unspecified atom stereocenters. The van der Waals surface area contributed by atoms with E-state index in [0.717, 1.165) is 15.9 Å². The van der Waals surface area contributed by atoms with E-state index < -0.39 is 44.4 Å². The first-order chi connectivity index (χ1) is 14.7. The van der Waals surface area contributed by atoms with Crippen molar-refractivity contribution in [1.29, 1.82) is 0 Å². The van der Waals surface area contributed by atoms with Gasteiger partial charge in [-0.3, -0.25) is 13.9 Å². The van der Waals surface area contributed by atoms with Gasteiger partial charge in [-0.1, -0.05) is 23.8 Å². The van der Waals surface area contributed by atoms with Crippen LogP contribution in [0.4, 0.5) is 5.69 Å².